The van der Waals surface area contributed by atoms with E-state index in [-0.39, 0.29) is 0 Å². The van der Waals surface area contributed by atoms with Gasteiger partial charge in [-0.05, 0) is 30.6 Å². The van der Waals surface area contributed by atoms with Crippen molar-refractivity contribution in [2.24, 2.45) is 0 Å². The fourth-order valence-electron chi connectivity index (χ4n) is 2.23. The van der Waals surface area contributed by atoms with Gasteiger partial charge in [0.2, 0.25) is 0 Å². The van der Waals surface area contributed by atoms with Gasteiger partial charge in [0.05, 0.1) is 6.61 Å². The highest BCUT2D eigenvalue weighted by molar-refractivity contribution is 5.27. The zero-order chi connectivity index (χ0) is 14.6. The zero-order valence-electron chi connectivity index (χ0n) is 12.9. The van der Waals surface area contributed by atoms with Crippen molar-refractivity contribution in [1.29, 1.82) is 0 Å². The van der Waals surface area contributed by atoms with Crippen molar-refractivity contribution >= 4 is 0 Å². The average Bonchev–Trinajstić information content (AvgIpc) is 2.47. The quantitative estimate of drug-likeness (QED) is 0.496. The van der Waals surface area contributed by atoms with E-state index in [0.717, 1.165) is 45.8 Å². The molecule has 0 bridgehead atoms. The molecule has 0 fully saturated rings. The summed E-state index contributed by atoms with van der Waals surface area (Å²) in [5, 5.41) is 3.39. The number of likely N-dealkylation sites (N-methyl/N-ethyl adjacent to an activating group) is 1. The van der Waals surface area contributed by atoms with Gasteiger partial charge in [0.1, 0.15) is 0 Å². The molecule has 0 atom stereocenters. The Balaban J connectivity index is 2.64. The summed E-state index contributed by atoms with van der Waals surface area (Å²) in [5.41, 5.74) is 2.84. The van der Waals surface area contributed by atoms with Crippen molar-refractivity contribution in [1.82, 2.24) is 10.2 Å². The van der Waals surface area contributed by atoms with E-state index in [9.17, 15) is 0 Å². The molecule has 0 unspecified atom stereocenters. The van der Waals surface area contributed by atoms with Gasteiger partial charge in [-0.1, -0.05) is 37.3 Å². The first-order chi connectivity index (χ1) is 9.81. The summed E-state index contributed by atoms with van der Waals surface area (Å²) in [7, 11) is 1.75. The number of methoxy groups -OCH3 is 1. The van der Waals surface area contributed by atoms with Crippen molar-refractivity contribution in [3.8, 4) is 0 Å². The SMILES string of the molecule is C=CCN(CCOC)Cc1ccccc1CCNCC. The third-order valence-electron chi connectivity index (χ3n) is 3.33. The number of hydrogen-bond acceptors (Lipinski definition) is 3. The Morgan fingerprint density at radius 3 is 2.70 bits per heavy atom. The Morgan fingerprint density at radius 2 is 2.05 bits per heavy atom. The molecule has 0 aliphatic rings. The normalized spacial score (nSPS) is 10.9. The summed E-state index contributed by atoms with van der Waals surface area (Å²) in [4.78, 5) is 2.36. The van der Waals surface area contributed by atoms with Gasteiger partial charge in [-0.2, -0.15) is 0 Å². The fourth-order valence-corrected chi connectivity index (χ4v) is 2.23. The molecule has 1 N–H and O–H groups in total. The van der Waals surface area contributed by atoms with Crippen molar-refractivity contribution < 1.29 is 4.74 Å². The largest absolute Gasteiger partial charge is 0.383 e. The molecule has 1 aromatic rings. The van der Waals surface area contributed by atoms with Crippen LogP contribution in [0.15, 0.2) is 36.9 Å². The maximum absolute atomic E-state index is 5.18. The van der Waals surface area contributed by atoms with E-state index in [1.807, 2.05) is 6.08 Å². The van der Waals surface area contributed by atoms with Crippen LogP contribution in [0.25, 0.3) is 0 Å². The maximum atomic E-state index is 5.18. The number of benzene rings is 1. The third-order valence-corrected chi connectivity index (χ3v) is 3.33. The molecule has 0 amide bonds. The number of ether oxygens (including phenoxy) is 1. The van der Waals surface area contributed by atoms with E-state index in [4.69, 9.17) is 4.74 Å². The Hall–Kier alpha value is -1.16. The molecule has 0 spiro atoms. The number of rotatable bonds is 11. The lowest BCUT2D eigenvalue weighted by atomic mass is 10.0. The van der Waals surface area contributed by atoms with Crippen LogP contribution in [0.5, 0.6) is 0 Å². The minimum Gasteiger partial charge on any atom is -0.383 e. The molecule has 3 nitrogen and oxygen atoms in total. The molecule has 112 valence electrons. The van der Waals surface area contributed by atoms with Crippen LogP contribution in [0, 0.1) is 0 Å². The summed E-state index contributed by atoms with van der Waals surface area (Å²) >= 11 is 0. The van der Waals surface area contributed by atoms with Gasteiger partial charge in [0.25, 0.3) is 0 Å². The van der Waals surface area contributed by atoms with Gasteiger partial charge < -0.3 is 10.1 Å². The van der Waals surface area contributed by atoms with E-state index in [1.165, 1.54) is 11.1 Å². The lowest BCUT2D eigenvalue weighted by Gasteiger charge is -2.22. The maximum Gasteiger partial charge on any atom is 0.0589 e. The summed E-state index contributed by atoms with van der Waals surface area (Å²) in [6.45, 7) is 11.6. The van der Waals surface area contributed by atoms with Gasteiger partial charge in [0, 0.05) is 26.7 Å². The Kier molecular flexibility index (Phi) is 8.96. The molecule has 0 aliphatic heterocycles. The number of nitrogens with one attached hydrogen (secondary N) is 1. The van der Waals surface area contributed by atoms with E-state index < -0.39 is 0 Å². The smallest absolute Gasteiger partial charge is 0.0589 e. The zero-order valence-corrected chi connectivity index (χ0v) is 12.9. The Labute approximate surface area is 123 Å². The molecular formula is C17H28N2O. The lowest BCUT2D eigenvalue weighted by Crippen LogP contribution is -2.28. The van der Waals surface area contributed by atoms with Crippen LogP contribution in [0.4, 0.5) is 0 Å². The average molecular weight is 276 g/mol. The molecule has 0 heterocycles. The standard InChI is InChI=1S/C17H28N2O/c1-4-12-19(13-14-20-3)15-17-9-7-6-8-16(17)10-11-18-5-2/h4,6-9,18H,1,5,10-15H2,2-3H3. The van der Waals surface area contributed by atoms with Crippen LogP contribution in [-0.2, 0) is 17.7 Å². The molecule has 20 heavy (non-hydrogen) atoms. The second-order valence-corrected chi connectivity index (χ2v) is 4.89. The van der Waals surface area contributed by atoms with Gasteiger partial charge >= 0.3 is 0 Å². The molecule has 0 aromatic heterocycles. The lowest BCUT2D eigenvalue weighted by molar-refractivity contribution is 0.151. The molecule has 0 aliphatic carbocycles. The van der Waals surface area contributed by atoms with Crippen molar-refractivity contribution in [3.63, 3.8) is 0 Å². The minimum atomic E-state index is 0.757. The molecule has 0 radical (unpaired) electrons. The van der Waals surface area contributed by atoms with Gasteiger partial charge in [-0.15, -0.1) is 6.58 Å². The van der Waals surface area contributed by atoms with Gasteiger partial charge in [-0.25, -0.2) is 0 Å². The summed E-state index contributed by atoms with van der Waals surface area (Å²) in [6, 6.07) is 8.70. The number of hydrogen-bond donors (Lipinski definition) is 1. The van der Waals surface area contributed by atoms with Gasteiger partial charge in [-0.3, -0.25) is 4.90 Å². The second-order valence-electron chi connectivity index (χ2n) is 4.89. The highest BCUT2D eigenvalue weighted by Gasteiger charge is 2.07. The first-order valence-electron chi connectivity index (χ1n) is 7.41. The Morgan fingerprint density at radius 1 is 1.30 bits per heavy atom. The molecule has 0 saturated carbocycles. The topological polar surface area (TPSA) is 24.5 Å². The summed E-state index contributed by atoms with van der Waals surface area (Å²) in [6.07, 6.45) is 3.03. The van der Waals surface area contributed by atoms with Crippen LogP contribution in [0.2, 0.25) is 0 Å². The Bertz CT molecular complexity index is 379. The first-order valence-corrected chi connectivity index (χ1v) is 7.41. The molecule has 1 aromatic carbocycles. The number of nitrogens with zero attached hydrogens (tertiary/aromatic N) is 1. The van der Waals surface area contributed by atoms with E-state index in [1.54, 1.807) is 7.11 Å². The van der Waals surface area contributed by atoms with Crippen molar-refractivity contribution in [3.05, 3.63) is 48.0 Å². The monoisotopic (exact) mass is 276 g/mol. The van der Waals surface area contributed by atoms with E-state index in [0.29, 0.717) is 0 Å². The highest BCUT2D eigenvalue weighted by atomic mass is 16.5. The van der Waals surface area contributed by atoms with Crippen molar-refractivity contribution in [2.75, 3.05) is 39.9 Å². The van der Waals surface area contributed by atoms with Gasteiger partial charge in [0.15, 0.2) is 0 Å². The molecule has 0 saturated heterocycles. The summed E-state index contributed by atoms with van der Waals surface area (Å²) in [5.74, 6) is 0. The minimum absolute atomic E-state index is 0.757. The summed E-state index contributed by atoms with van der Waals surface area (Å²) < 4.78 is 5.18. The van der Waals surface area contributed by atoms with Crippen LogP contribution < -0.4 is 5.32 Å². The van der Waals surface area contributed by atoms with Crippen LogP contribution >= 0.6 is 0 Å². The molecule has 3 heteroatoms. The first kappa shape index (κ1) is 16.9. The van der Waals surface area contributed by atoms with E-state index >= 15 is 0 Å². The van der Waals surface area contributed by atoms with Crippen molar-refractivity contribution in [2.45, 2.75) is 19.9 Å². The fraction of sp³-hybridized carbons (Fsp3) is 0.529. The third kappa shape index (κ3) is 6.33. The van der Waals surface area contributed by atoms with Crippen LogP contribution in [-0.4, -0.2) is 44.8 Å². The predicted molar refractivity (Wildman–Crippen MR) is 86.0 cm³/mol. The highest BCUT2D eigenvalue weighted by Crippen LogP contribution is 2.12. The predicted octanol–water partition coefficient (Wildman–Crippen LogP) is 2.47. The molecular weight excluding hydrogens is 248 g/mol. The van der Waals surface area contributed by atoms with Crippen LogP contribution in [0.1, 0.15) is 18.1 Å². The van der Waals surface area contributed by atoms with E-state index in [2.05, 4.69) is 48.0 Å². The second kappa shape index (κ2) is 10.6. The molecule has 1 rings (SSSR count). The van der Waals surface area contributed by atoms with Crippen LogP contribution in [0.3, 0.4) is 0 Å².